The Morgan fingerprint density at radius 2 is 2.00 bits per heavy atom. The molecule has 0 unspecified atom stereocenters. The van der Waals surface area contributed by atoms with Crippen LogP contribution in [0.2, 0.25) is 0 Å². The molecule has 0 amide bonds. The zero-order valence-corrected chi connectivity index (χ0v) is 3.80. The smallest absolute Gasteiger partial charge is 0.0797 e. The Bertz CT molecular complexity index is 72.9. The molecule has 34 valence electrons. The first-order valence-electron chi connectivity index (χ1n) is 1.61. The molecule has 0 atom stereocenters. The van der Waals surface area contributed by atoms with Crippen LogP contribution in [0.3, 0.4) is 0 Å². The van der Waals surface area contributed by atoms with Gasteiger partial charge in [-0.15, -0.1) is 10.0 Å². The predicted octanol–water partition coefficient (Wildman–Crippen LogP) is 1.15. The van der Waals surface area contributed by atoms with Gasteiger partial charge in [-0.2, -0.15) is 0 Å². The summed E-state index contributed by atoms with van der Waals surface area (Å²) in [6.07, 6.45) is 0. The van der Waals surface area contributed by atoms with Gasteiger partial charge in [-0.05, 0) is 13.8 Å². The molecule has 0 bridgehead atoms. The first-order chi connectivity index (χ1) is 2.77. The third kappa shape index (κ3) is 3.27. The minimum Gasteiger partial charge on any atom is -0.123 e. The maximum absolute atomic E-state index is 9.18. The Kier molecular flexibility index (Phi) is 2.20. The molecule has 0 fully saturated rings. The second-order valence-corrected chi connectivity index (χ2v) is 1.13. The van der Waals surface area contributed by atoms with Crippen LogP contribution in [0.5, 0.6) is 0 Å². The van der Waals surface area contributed by atoms with E-state index in [2.05, 4.69) is 10.4 Å². The largest absolute Gasteiger partial charge is 0.123 e. The fourth-order valence-corrected chi connectivity index (χ4v) is 0.0816. The first-order valence-corrected chi connectivity index (χ1v) is 1.61. The predicted molar refractivity (Wildman–Crippen MR) is 24.6 cm³/mol. The number of rotatable bonds is 1. The summed E-state index contributed by atoms with van der Waals surface area (Å²) in [6, 6.07) is 0. The molecule has 0 aliphatic carbocycles. The Morgan fingerprint density at radius 3 is 2.00 bits per heavy atom. The fraction of sp³-hybridized carbons (Fsp3) is 0.667. The average Bonchev–Trinajstić information content (AvgIpc) is 1.35. The summed E-state index contributed by atoms with van der Waals surface area (Å²) in [5.74, 6) is 0. The Morgan fingerprint density at radius 1 is 1.50 bits per heavy atom. The quantitative estimate of drug-likeness (QED) is 0.268. The van der Waals surface area contributed by atoms with Crippen molar-refractivity contribution < 1.29 is 0 Å². The van der Waals surface area contributed by atoms with Crippen LogP contribution in [-0.4, -0.2) is 5.71 Å². The van der Waals surface area contributed by atoms with Crippen LogP contribution < -0.4 is 0 Å². The van der Waals surface area contributed by atoms with Gasteiger partial charge in [0.05, 0.1) is 5.29 Å². The van der Waals surface area contributed by atoms with Crippen molar-refractivity contribution in [3.8, 4) is 0 Å². The zero-order valence-electron chi connectivity index (χ0n) is 3.80. The maximum Gasteiger partial charge on any atom is 0.0797 e. The second-order valence-electron chi connectivity index (χ2n) is 1.13. The van der Waals surface area contributed by atoms with Gasteiger partial charge >= 0.3 is 0 Å². The van der Waals surface area contributed by atoms with E-state index < -0.39 is 0 Å². The molecule has 0 spiro atoms. The minimum atomic E-state index is 0.685. The lowest BCUT2D eigenvalue weighted by Crippen LogP contribution is -1.73. The third-order valence-corrected chi connectivity index (χ3v) is 0.241. The lowest BCUT2D eigenvalue weighted by molar-refractivity contribution is 1.20. The van der Waals surface area contributed by atoms with E-state index in [0.29, 0.717) is 5.71 Å². The van der Waals surface area contributed by atoms with Gasteiger partial charge < -0.3 is 0 Å². The Balaban J connectivity index is 3.41. The van der Waals surface area contributed by atoms with Gasteiger partial charge in [-0.3, -0.25) is 0 Å². The topological polar surface area (TPSA) is 41.8 Å². The number of hydrogen-bond donors (Lipinski definition) is 0. The van der Waals surface area contributed by atoms with E-state index in [9.17, 15) is 4.91 Å². The highest BCUT2D eigenvalue weighted by atomic mass is 16.3. The minimum absolute atomic E-state index is 0.685. The van der Waals surface area contributed by atoms with E-state index in [0.717, 1.165) is 0 Å². The lowest BCUT2D eigenvalue weighted by atomic mass is 10.5. The molecule has 0 aromatic heterocycles. The van der Waals surface area contributed by atoms with Gasteiger partial charge in [0.1, 0.15) is 0 Å². The normalized spacial score (nSPS) is 7.00. The first kappa shape index (κ1) is 5.27. The standard InChI is InChI=1S/C3H6N2O/c1-3(2)4-5-6/h1-2H3. The number of nitrogens with zero attached hydrogens (tertiary/aromatic N) is 2. The van der Waals surface area contributed by atoms with Crippen LogP contribution in [0.1, 0.15) is 13.8 Å². The SMILES string of the molecule is CC(C)=NN=O. The van der Waals surface area contributed by atoms with E-state index in [1.807, 2.05) is 0 Å². The van der Waals surface area contributed by atoms with E-state index >= 15 is 0 Å². The molecule has 3 nitrogen and oxygen atoms in total. The number of hydrogen-bond acceptors (Lipinski definition) is 2. The van der Waals surface area contributed by atoms with Crippen LogP contribution in [0.25, 0.3) is 0 Å². The van der Waals surface area contributed by atoms with Crippen molar-refractivity contribution in [2.45, 2.75) is 13.8 Å². The van der Waals surface area contributed by atoms with Crippen LogP contribution in [0, 0.1) is 4.91 Å². The highest BCUT2D eigenvalue weighted by Crippen LogP contribution is 1.71. The van der Waals surface area contributed by atoms with Crippen molar-refractivity contribution in [3.05, 3.63) is 4.91 Å². The molecule has 0 rings (SSSR count). The van der Waals surface area contributed by atoms with Gasteiger partial charge in [0.2, 0.25) is 0 Å². The molecule has 0 aromatic rings. The van der Waals surface area contributed by atoms with Crippen molar-refractivity contribution in [3.63, 3.8) is 0 Å². The zero-order chi connectivity index (χ0) is 4.99. The van der Waals surface area contributed by atoms with Crippen molar-refractivity contribution in [2.75, 3.05) is 0 Å². The highest BCUT2D eigenvalue weighted by molar-refractivity contribution is 5.78. The fourth-order valence-electron chi connectivity index (χ4n) is 0.0816. The van der Waals surface area contributed by atoms with Crippen molar-refractivity contribution >= 4 is 5.71 Å². The Labute approximate surface area is 36.0 Å². The van der Waals surface area contributed by atoms with E-state index in [-0.39, 0.29) is 0 Å². The summed E-state index contributed by atoms with van der Waals surface area (Å²) >= 11 is 0. The Hall–Kier alpha value is -0.730. The molecular weight excluding hydrogens is 80.0 g/mol. The van der Waals surface area contributed by atoms with Gasteiger partial charge in [0.15, 0.2) is 0 Å². The van der Waals surface area contributed by atoms with Crippen molar-refractivity contribution in [1.29, 1.82) is 0 Å². The average molecular weight is 86.1 g/mol. The van der Waals surface area contributed by atoms with Gasteiger partial charge in [0, 0.05) is 5.71 Å². The molecule has 0 saturated carbocycles. The molecule has 0 radical (unpaired) electrons. The molecule has 0 aliphatic heterocycles. The van der Waals surface area contributed by atoms with Gasteiger partial charge in [-0.25, -0.2) is 0 Å². The summed E-state index contributed by atoms with van der Waals surface area (Å²) in [7, 11) is 0. The maximum atomic E-state index is 9.18. The molecule has 0 aromatic carbocycles. The van der Waals surface area contributed by atoms with E-state index in [4.69, 9.17) is 0 Å². The third-order valence-electron chi connectivity index (χ3n) is 0.241. The summed E-state index contributed by atoms with van der Waals surface area (Å²) in [6.45, 7) is 3.42. The van der Waals surface area contributed by atoms with Crippen LogP contribution in [0.15, 0.2) is 10.4 Å². The molecule has 0 heterocycles. The summed E-state index contributed by atoms with van der Waals surface area (Å²) in [5, 5.41) is 5.38. The second kappa shape index (κ2) is 2.50. The monoisotopic (exact) mass is 86.0 g/mol. The molecule has 3 heteroatoms. The summed E-state index contributed by atoms with van der Waals surface area (Å²) in [4.78, 5) is 9.18. The lowest BCUT2D eigenvalue weighted by Gasteiger charge is -1.70. The van der Waals surface area contributed by atoms with Gasteiger partial charge in [0.25, 0.3) is 0 Å². The number of nitroso groups, excluding NO2 is 1. The molecular formula is C3H6N2O. The van der Waals surface area contributed by atoms with Gasteiger partial charge in [-0.1, -0.05) is 0 Å². The molecule has 6 heavy (non-hydrogen) atoms. The van der Waals surface area contributed by atoms with E-state index in [1.165, 1.54) is 0 Å². The molecule has 0 aliphatic rings. The highest BCUT2D eigenvalue weighted by Gasteiger charge is 1.69. The van der Waals surface area contributed by atoms with E-state index in [1.54, 1.807) is 13.8 Å². The van der Waals surface area contributed by atoms with Crippen LogP contribution in [0.4, 0.5) is 0 Å². The van der Waals surface area contributed by atoms with Crippen LogP contribution in [-0.2, 0) is 0 Å². The van der Waals surface area contributed by atoms with Crippen LogP contribution >= 0.6 is 0 Å². The summed E-state index contributed by atoms with van der Waals surface area (Å²) < 4.78 is 0. The summed E-state index contributed by atoms with van der Waals surface area (Å²) in [5.41, 5.74) is 0.685. The van der Waals surface area contributed by atoms with Crippen molar-refractivity contribution in [1.82, 2.24) is 0 Å². The molecule has 0 saturated heterocycles. The van der Waals surface area contributed by atoms with Crippen molar-refractivity contribution in [2.24, 2.45) is 10.4 Å². The molecule has 0 N–H and O–H groups in total.